The second-order valence-electron chi connectivity index (χ2n) is 9.68. The third kappa shape index (κ3) is 3.45. The van der Waals surface area contributed by atoms with Crippen LogP contribution in [0.15, 0.2) is 18.3 Å². The van der Waals surface area contributed by atoms with E-state index in [1.807, 2.05) is 35.1 Å². The summed E-state index contributed by atoms with van der Waals surface area (Å²) in [5, 5.41) is 0. The Morgan fingerprint density at radius 3 is 2.48 bits per heavy atom. The molecule has 0 unspecified atom stereocenters. The summed E-state index contributed by atoms with van der Waals surface area (Å²) in [6.07, 6.45) is 6.93. The molecule has 2 aliphatic heterocycles. The first kappa shape index (κ1) is 19.0. The molecule has 5 rings (SSSR count). The van der Waals surface area contributed by atoms with Gasteiger partial charge in [-0.2, -0.15) is 0 Å². The lowest BCUT2D eigenvalue weighted by molar-refractivity contribution is -0.144. The molecular formula is C23H32N4O2. The Bertz CT molecular complexity index is 796. The highest BCUT2D eigenvalue weighted by Crippen LogP contribution is 2.42. The third-order valence-electron chi connectivity index (χ3n) is 7.55. The molecule has 3 heterocycles. The minimum atomic E-state index is -0.461. The number of hydrogen-bond donors (Lipinski definition) is 0. The number of rotatable bonds is 4. The molecule has 2 amide bonds. The predicted molar refractivity (Wildman–Crippen MR) is 111 cm³/mol. The minimum absolute atomic E-state index is 0.210. The summed E-state index contributed by atoms with van der Waals surface area (Å²) in [4.78, 5) is 37.4. The lowest BCUT2D eigenvalue weighted by Gasteiger charge is -2.53. The molecular weight excluding hydrogens is 364 g/mol. The zero-order valence-corrected chi connectivity index (χ0v) is 17.6. The number of nitrogens with zero attached hydrogens (tertiary/aromatic N) is 4. The summed E-state index contributed by atoms with van der Waals surface area (Å²) in [5.41, 5.74) is 1.40. The molecule has 156 valence electrons. The molecule has 6 heteroatoms. The highest BCUT2D eigenvalue weighted by atomic mass is 16.2. The molecule has 2 saturated carbocycles. The van der Waals surface area contributed by atoms with Crippen molar-refractivity contribution in [3.05, 3.63) is 24.0 Å². The van der Waals surface area contributed by atoms with Crippen LogP contribution in [0.25, 0.3) is 0 Å². The SMILES string of the molecule is Cc1ccc(N2CCN(CC3CC3)C3(CCN(C(=O)[C@H]4C[C@H]4C)CC3)C2=O)cn1. The first-order chi connectivity index (χ1) is 14.0. The number of carbonyl (C=O) groups excluding carboxylic acids is 2. The topological polar surface area (TPSA) is 56.8 Å². The molecule has 2 saturated heterocycles. The van der Waals surface area contributed by atoms with E-state index < -0.39 is 5.54 Å². The second kappa shape index (κ2) is 7.08. The Kier molecular flexibility index (Phi) is 4.65. The van der Waals surface area contributed by atoms with Crippen LogP contribution >= 0.6 is 0 Å². The molecule has 1 spiro atoms. The Labute approximate surface area is 173 Å². The van der Waals surface area contributed by atoms with Crippen molar-refractivity contribution in [3.8, 4) is 0 Å². The van der Waals surface area contributed by atoms with E-state index in [1.165, 1.54) is 12.8 Å². The molecule has 29 heavy (non-hydrogen) atoms. The first-order valence-corrected chi connectivity index (χ1v) is 11.3. The van der Waals surface area contributed by atoms with Crippen LogP contribution in [0.5, 0.6) is 0 Å². The van der Waals surface area contributed by atoms with Crippen LogP contribution < -0.4 is 4.90 Å². The van der Waals surface area contributed by atoms with E-state index in [-0.39, 0.29) is 11.8 Å². The van der Waals surface area contributed by atoms with Gasteiger partial charge in [-0.15, -0.1) is 0 Å². The van der Waals surface area contributed by atoms with Crippen molar-refractivity contribution in [1.29, 1.82) is 0 Å². The van der Waals surface area contributed by atoms with E-state index in [2.05, 4.69) is 16.8 Å². The fraction of sp³-hybridized carbons (Fsp3) is 0.696. The van der Waals surface area contributed by atoms with Crippen molar-refractivity contribution in [2.24, 2.45) is 17.8 Å². The Hall–Kier alpha value is -1.95. The van der Waals surface area contributed by atoms with E-state index in [4.69, 9.17) is 0 Å². The van der Waals surface area contributed by atoms with Gasteiger partial charge in [0.2, 0.25) is 11.8 Å². The average molecular weight is 397 g/mol. The normalized spacial score (nSPS) is 29.4. The number of amides is 2. The van der Waals surface area contributed by atoms with Crippen molar-refractivity contribution in [2.45, 2.75) is 51.5 Å². The standard InChI is InChI=1S/C23H32N4O2/c1-16-13-20(16)21(28)25-9-7-23(8-10-25)22(29)27(19-6-3-17(2)24-14-19)12-11-26(23)15-18-4-5-18/h3,6,14,16,18,20H,4-5,7-13,15H2,1-2H3/t16-,20+/m1/s1. The Balaban J connectivity index is 1.36. The van der Waals surface area contributed by atoms with Gasteiger partial charge in [-0.05, 0) is 63.0 Å². The van der Waals surface area contributed by atoms with Crippen LogP contribution in [0.2, 0.25) is 0 Å². The van der Waals surface area contributed by atoms with Crippen LogP contribution in [-0.2, 0) is 9.59 Å². The number of likely N-dealkylation sites (tertiary alicyclic amines) is 1. The molecule has 0 radical (unpaired) electrons. The molecule has 4 fully saturated rings. The molecule has 1 aromatic heterocycles. The highest BCUT2D eigenvalue weighted by Gasteiger charge is 2.53. The maximum absolute atomic E-state index is 13.8. The second-order valence-corrected chi connectivity index (χ2v) is 9.68. The minimum Gasteiger partial charge on any atom is -0.342 e. The number of piperidine rings is 1. The number of piperazine rings is 1. The van der Waals surface area contributed by atoms with Gasteiger partial charge in [0.15, 0.2) is 0 Å². The van der Waals surface area contributed by atoms with E-state index in [0.29, 0.717) is 24.9 Å². The van der Waals surface area contributed by atoms with E-state index in [1.54, 1.807) is 0 Å². The number of anilines is 1. The smallest absolute Gasteiger partial charge is 0.247 e. The molecule has 0 bridgehead atoms. The monoisotopic (exact) mass is 396 g/mol. The summed E-state index contributed by atoms with van der Waals surface area (Å²) in [6.45, 7) is 8.19. The predicted octanol–water partition coefficient (Wildman–Crippen LogP) is 2.47. The molecule has 1 aromatic rings. The van der Waals surface area contributed by atoms with Crippen molar-refractivity contribution in [2.75, 3.05) is 37.6 Å². The van der Waals surface area contributed by atoms with Gasteiger partial charge in [-0.3, -0.25) is 19.5 Å². The molecule has 0 aromatic carbocycles. The summed E-state index contributed by atoms with van der Waals surface area (Å²) >= 11 is 0. The fourth-order valence-corrected chi connectivity index (χ4v) is 5.19. The van der Waals surface area contributed by atoms with Crippen molar-refractivity contribution in [1.82, 2.24) is 14.8 Å². The average Bonchev–Trinajstić information content (AvgIpc) is 3.65. The number of aromatic nitrogens is 1. The fourth-order valence-electron chi connectivity index (χ4n) is 5.19. The molecule has 2 atom stereocenters. The Morgan fingerprint density at radius 1 is 1.17 bits per heavy atom. The quantitative estimate of drug-likeness (QED) is 0.785. The number of aryl methyl sites for hydroxylation is 1. The van der Waals surface area contributed by atoms with Crippen molar-refractivity contribution >= 4 is 17.5 Å². The van der Waals surface area contributed by atoms with Gasteiger partial charge in [0.05, 0.1) is 11.9 Å². The first-order valence-electron chi connectivity index (χ1n) is 11.3. The van der Waals surface area contributed by atoms with Gasteiger partial charge in [0.25, 0.3) is 0 Å². The van der Waals surface area contributed by atoms with Crippen LogP contribution in [-0.4, -0.2) is 64.9 Å². The van der Waals surface area contributed by atoms with Gasteiger partial charge >= 0.3 is 0 Å². The van der Waals surface area contributed by atoms with Crippen LogP contribution in [0, 0.1) is 24.7 Å². The van der Waals surface area contributed by atoms with Gasteiger partial charge in [-0.1, -0.05) is 6.92 Å². The van der Waals surface area contributed by atoms with Gasteiger partial charge in [-0.25, -0.2) is 0 Å². The third-order valence-corrected chi connectivity index (χ3v) is 7.55. The zero-order chi connectivity index (χ0) is 20.2. The van der Waals surface area contributed by atoms with Crippen LogP contribution in [0.3, 0.4) is 0 Å². The van der Waals surface area contributed by atoms with E-state index >= 15 is 0 Å². The Morgan fingerprint density at radius 2 is 1.90 bits per heavy atom. The number of pyridine rings is 1. The van der Waals surface area contributed by atoms with Crippen molar-refractivity contribution in [3.63, 3.8) is 0 Å². The van der Waals surface area contributed by atoms with E-state index in [9.17, 15) is 9.59 Å². The summed E-state index contributed by atoms with van der Waals surface area (Å²) in [6, 6.07) is 3.99. The summed E-state index contributed by atoms with van der Waals surface area (Å²) in [5.74, 6) is 2.03. The van der Waals surface area contributed by atoms with E-state index in [0.717, 1.165) is 56.2 Å². The van der Waals surface area contributed by atoms with Gasteiger partial charge in [0, 0.05) is 44.3 Å². The lowest BCUT2D eigenvalue weighted by atomic mass is 9.81. The van der Waals surface area contributed by atoms with Gasteiger partial charge < -0.3 is 9.80 Å². The maximum atomic E-state index is 13.8. The highest BCUT2D eigenvalue weighted by molar-refractivity contribution is 6.01. The summed E-state index contributed by atoms with van der Waals surface area (Å²) < 4.78 is 0. The van der Waals surface area contributed by atoms with Crippen molar-refractivity contribution < 1.29 is 9.59 Å². The molecule has 2 aliphatic carbocycles. The summed E-state index contributed by atoms with van der Waals surface area (Å²) in [7, 11) is 0. The molecule has 0 N–H and O–H groups in total. The van der Waals surface area contributed by atoms with Crippen LogP contribution in [0.4, 0.5) is 5.69 Å². The van der Waals surface area contributed by atoms with Crippen LogP contribution in [0.1, 0.15) is 44.7 Å². The maximum Gasteiger partial charge on any atom is 0.247 e. The molecule has 6 nitrogen and oxygen atoms in total. The lowest BCUT2D eigenvalue weighted by Crippen LogP contribution is -2.69. The largest absolute Gasteiger partial charge is 0.342 e. The zero-order valence-electron chi connectivity index (χ0n) is 17.6. The number of carbonyl (C=O) groups is 2. The molecule has 4 aliphatic rings. The number of hydrogen-bond acceptors (Lipinski definition) is 4. The van der Waals surface area contributed by atoms with Gasteiger partial charge in [0.1, 0.15) is 5.54 Å².